The smallest absolute Gasteiger partial charge is 0.159 e. The Bertz CT molecular complexity index is 767. The second-order valence-corrected chi connectivity index (χ2v) is 9.74. The molecule has 0 N–H and O–H groups in total. The highest BCUT2D eigenvalue weighted by molar-refractivity contribution is 5.55. The topological polar surface area (TPSA) is 35.0 Å². The standard InChI is InChI=1S/C30H46F2N2O/c1-3-5-7-8-9-10-12-14-25-22-33-30(34-23-25)26-18-20-29(21-19-26)35-24-28(32)17-13-16-27(31)15-11-6-4-2/h18-23,27-28H,3-17,24H2,1-2H3. The highest BCUT2D eigenvalue weighted by Crippen LogP contribution is 2.21. The zero-order chi connectivity index (χ0) is 25.1. The summed E-state index contributed by atoms with van der Waals surface area (Å²) in [6.45, 7) is 4.35. The molecule has 0 spiro atoms. The number of benzene rings is 1. The summed E-state index contributed by atoms with van der Waals surface area (Å²) < 4.78 is 33.5. The van der Waals surface area contributed by atoms with E-state index >= 15 is 0 Å². The highest BCUT2D eigenvalue weighted by Gasteiger charge is 2.11. The molecule has 35 heavy (non-hydrogen) atoms. The van der Waals surface area contributed by atoms with Gasteiger partial charge in [0.15, 0.2) is 5.82 Å². The van der Waals surface area contributed by atoms with Crippen molar-refractivity contribution in [1.29, 1.82) is 0 Å². The molecule has 0 aliphatic rings. The number of rotatable bonds is 20. The molecule has 0 aliphatic carbocycles. The van der Waals surface area contributed by atoms with Gasteiger partial charge in [0.2, 0.25) is 0 Å². The molecule has 1 aromatic heterocycles. The van der Waals surface area contributed by atoms with Crippen molar-refractivity contribution in [3.05, 3.63) is 42.2 Å². The van der Waals surface area contributed by atoms with E-state index < -0.39 is 12.3 Å². The van der Waals surface area contributed by atoms with Crippen LogP contribution in [0.3, 0.4) is 0 Å². The van der Waals surface area contributed by atoms with Crippen molar-refractivity contribution in [3.8, 4) is 17.1 Å². The Balaban J connectivity index is 1.65. The summed E-state index contributed by atoms with van der Waals surface area (Å²) >= 11 is 0. The molecule has 0 aliphatic heterocycles. The molecule has 3 nitrogen and oxygen atoms in total. The predicted molar refractivity (Wildman–Crippen MR) is 142 cm³/mol. The van der Waals surface area contributed by atoms with Crippen molar-refractivity contribution in [3.63, 3.8) is 0 Å². The van der Waals surface area contributed by atoms with Crippen LogP contribution in [0.5, 0.6) is 5.75 Å². The van der Waals surface area contributed by atoms with E-state index in [0.717, 1.165) is 31.2 Å². The first-order chi connectivity index (χ1) is 17.1. The molecule has 0 saturated carbocycles. The quantitative estimate of drug-likeness (QED) is 0.174. The monoisotopic (exact) mass is 488 g/mol. The molecular formula is C30H46F2N2O. The number of aryl methyl sites for hydroxylation is 1. The number of halogens is 2. The molecule has 0 bridgehead atoms. The summed E-state index contributed by atoms with van der Waals surface area (Å²) in [6, 6.07) is 7.45. The Labute approximate surface area is 212 Å². The van der Waals surface area contributed by atoms with Crippen LogP contribution in [0.4, 0.5) is 8.78 Å². The van der Waals surface area contributed by atoms with Crippen LogP contribution >= 0.6 is 0 Å². The van der Waals surface area contributed by atoms with E-state index in [1.807, 2.05) is 36.7 Å². The molecule has 1 heterocycles. The van der Waals surface area contributed by atoms with Crippen LogP contribution in [0.15, 0.2) is 36.7 Å². The second-order valence-electron chi connectivity index (χ2n) is 9.74. The predicted octanol–water partition coefficient (Wildman–Crippen LogP) is 9.24. The zero-order valence-electron chi connectivity index (χ0n) is 22.0. The molecule has 196 valence electrons. The first-order valence-electron chi connectivity index (χ1n) is 13.9. The normalized spacial score (nSPS) is 13.0. The van der Waals surface area contributed by atoms with E-state index in [9.17, 15) is 8.78 Å². The van der Waals surface area contributed by atoms with Crippen LogP contribution in [-0.4, -0.2) is 28.9 Å². The average Bonchev–Trinajstić information content (AvgIpc) is 2.88. The van der Waals surface area contributed by atoms with Crippen LogP contribution in [0, 0.1) is 0 Å². The number of hydrogen-bond acceptors (Lipinski definition) is 3. The van der Waals surface area contributed by atoms with Gasteiger partial charge in [-0.25, -0.2) is 18.7 Å². The van der Waals surface area contributed by atoms with Gasteiger partial charge in [0, 0.05) is 18.0 Å². The molecule has 0 radical (unpaired) electrons. The summed E-state index contributed by atoms with van der Waals surface area (Å²) in [5.41, 5.74) is 2.09. The van der Waals surface area contributed by atoms with E-state index in [-0.39, 0.29) is 6.61 Å². The number of nitrogens with zero attached hydrogens (tertiary/aromatic N) is 2. The minimum atomic E-state index is -1.08. The van der Waals surface area contributed by atoms with Crippen molar-refractivity contribution >= 4 is 0 Å². The van der Waals surface area contributed by atoms with Gasteiger partial charge >= 0.3 is 0 Å². The van der Waals surface area contributed by atoms with Crippen LogP contribution in [0.1, 0.15) is 109 Å². The SMILES string of the molecule is CCCCCCCCCc1cnc(-c2ccc(OCC(F)CCCC(F)CCCCC)cc2)nc1. The van der Waals surface area contributed by atoms with Gasteiger partial charge < -0.3 is 4.74 Å². The van der Waals surface area contributed by atoms with Crippen molar-refractivity contribution in [2.45, 2.75) is 123 Å². The minimum absolute atomic E-state index is 0.00403. The van der Waals surface area contributed by atoms with Gasteiger partial charge in [-0.05, 0) is 68.4 Å². The molecule has 2 atom stereocenters. The fraction of sp³-hybridized carbons (Fsp3) is 0.667. The summed E-state index contributed by atoms with van der Waals surface area (Å²) in [4.78, 5) is 9.04. The second kappa shape index (κ2) is 18.3. The number of aromatic nitrogens is 2. The van der Waals surface area contributed by atoms with Crippen LogP contribution in [0.2, 0.25) is 0 Å². The summed E-state index contributed by atoms with van der Waals surface area (Å²) in [6.07, 6.45) is 17.1. The number of hydrogen-bond donors (Lipinski definition) is 0. The van der Waals surface area contributed by atoms with Crippen molar-refractivity contribution in [2.75, 3.05) is 6.61 Å². The Morgan fingerprint density at radius 1 is 0.686 bits per heavy atom. The lowest BCUT2D eigenvalue weighted by atomic mass is 10.1. The van der Waals surface area contributed by atoms with E-state index in [1.54, 1.807) is 0 Å². The van der Waals surface area contributed by atoms with Crippen LogP contribution < -0.4 is 4.74 Å². The van der Waals surface area contributed by atoms with Gasteiger partial charge in [-0.1, -0.05) is 71.6 Å². The Kier molecular flexibility index (Phi) is 15.2. The molecule has 5 heteroatoms. The molecule has 0 fully saturated rings. The minimum Gasteiger partial charge on any atom is -0.491 e. The van der Waals surface area contributed by atoms with Gasteiger partial charge in [-0.3, -0.25) is 0 Å². The Morgan fingerprint density at radius 3 is 1.94 bits per heavy atom. The largest absolute Gasteiger partial charge is 0.491 e. The van der Waals surface area contributed by atoms with Crippen LogP contribution in [-0.2, 0) is 6.42 Å². The van der Waals surface area contributed by atoms with Crippen molar-refractivity contribution in [2.24, 2.45) is 0 Å². The van der Waals surface area contributed by atoms with Crippen molar-refractivity contribution < 1.29 is 13.5 Å². The fourth-order valence-corrected chi connectivity index (χ4v) is 4.21. The molecule has 2 aromatic rings. The molecule has 2 unspecified atom stereocenters. The molecule has 0 saturated heterocycles. The lowest BCUT2D eigenvalue weighted by molar-refractivity contribution is 0.178. The summed E-state index contributed by atoms with van der Waals surface area (Å²) in [5.74, 6) is 1.30. The third-order valence-electron chi connectivity index (χ3n) is 6.47. The van der Waals surface area contributed by atoms with Gasteiger partial charge in [0.25, 0.3) is 0 Å². The first-order valence-corrected chi connectivity index (χ1v) is 13.9. The van der Waals surface area contributed by atoms with Gasteiger partial charge in [0.05, 0.1) is 0 Å². The first kappa shape index (κ1) is 29.2. The number of unbranched alkanes of at least 4 members (excludes halogenated alkanes) is 8. The van der Waals surface area contributed by atoms with E-state index in [0.29, 0.717) is 37.3 Å². The van der Waals surface area contributed by atoms with Gasteiger partial charge in [0.1, 0.15) is 24.7 Å². The van der Waals surface area contributed by atoms with Gasteiger partial charge in [-0.15, -0.1) is 0 Å². The van der Waals surface area contributed by atoms with E-state index in [1.165, 1.54) is 50.5 Å². The maximum absolute atomic E-state index is 14.1. The molecular weight excluding hydrogens is 442 g/mol. The average molecular weight is 489 g/mol. The third kappa shape index (κ3) is 13.0. The van der Waals surface area contributed by atoms with E-state index in [4.69, 9.17) is 4.74 Å². The number of alkyl halides is 2. The zero-order valence-corrected chi connectivity index (χ0v) is 22.0. The molecule has 1 aromatic carbocycles. The fourth-order valence-electron chi connectivity index (χ4n) is 4.21. The third-order valence-corrected chi connectivity index (χ3v) is 6.47. The number of ether oxygens (including phenoxy) is 1. The maximum Gasteiger partial charge on any atom is 0.159 e. The lowest BCUT2D eigenvalue weighted by Gasteiger charge is -2.12. The summed E-state index contributed by atoms with van der Waals surface area (Å²) in [7, 11) is 0. The molecule has 2 rings (SSSR count). The van der Waals surface area contributed by atoms with E-state index in [2.05, 4.69) is 23.8 Å². The van der Waals surface area contributed by atoms with Gasteiger partial charge in [-0.2, -0.15) is 0 Å². The molecule has 0 amide bonds. The Hall–Kier alpha value is -2.04. The van der Waals surface area contributed by atoms with Crippen molar-refractivity contribution in [1.82, 2.24) is 9.97 Å². The summed E-state index contributed by atoms with van der Waals surface area (Å²) in [5, 5.41) is 0. The Morgan fingerprint density at radius 2 is 1.26 bits per heavy atom. The lowest BCUT2D eigenvalue weighted by Crippen LogP contribution is -2.13. The highest BCUT2D eigenvalue weighted by atomic mass is 19.1. The van der Waals surface area contributed by atoms with Crippen LogP contribution in [0.25, 0.3) is 11.4 Å². The maximum atomic E-state index is 14.1.